The molecule has 0 N–H and O–H groups in total. The van der Waals surface area contributed by atoms with E-state index in [1.165, 1.54) is 32.2 Å². The Hall–Kier alpha value is -3.53. The molecule has 1 aliphatic rings. The molecule has 1 atom stereocenters. The number of benzene rings is 2. The van der Waals surface area contributed by atoms with E-state index in [-0.39, 0.29) is 35.1 Å². The van der Waals surface area contributed by atoms with Crippen molar-refractivity contribution in [3.8, 4) is 11.5 Å². The summed E-state index contributed by atoms with van der Waals surface area (Å²) in [5.41, 5.74) is -0.0518. The molecule has 2 aromatic carbocycles. The van der Waals surface area contributed by atoms with E-state index in [9.17, 15) is 23.2 Å². The second-order valence-electron chi connectivity index (χ2n) is 7.19. The molecular formula is C23H23F2NO7. The van der Waals surface area contributed by atoms with Gasteiger partial charge < -0.3 is 23.8 Å². The van der Waals surface area contributed by atoms with Gasteiger partial charge in [-0.25, -0.2) is 13.6 Å². The van der Waals surface area contributed by atoms with Gasteiger partial charge in [0.1, 0.15) is 0 Å². The van der Waals surface area contributed by atoms with E-state index >= 15 is 0 Å². The fourth-order valence-corrected chi connectivity index (χ4v) is 3.12. The van der Waals surface area contributed by atoms with Gasteiger partial charge in [-0.15, -0.1) is 0 Å². The van der Waals surface area contributed by atoms with Gasteiger partial charge in [0.2, 0.25) is 5.78 Å². The number of morpholine rings is 1. The van der Waals surface area contributed by atoms with E-state index in [0.717, 1.165) is 18.2 Å². The lowest BCUT2D eigenvalue weighted by atomic mass is 10.1. The SMILES string of the molecule is COc1cc(C(=O)OC(C)C(=O)c2ccc(F)c(F)c2)ccc1OCC(=O)N1CCOCC1. The first-order valence-corrected chi connectivity index (χ1v) is 10.2. The molecule has 1 unspecified atom stereocenters. The van der Waals surface area contributed by atoms with Crippen LogP contribution in [0.3, 0.4) is 0 Å². The minimum atomic E-state index is -1.24. The van der Waals surface area contributed by atoms with Crippen molar-refractivity contribution in [3.63, 3.8) is 0 Å². The topological polar surface area (TPSA) is 91.4 Å². The molecule has 3 rings (SSSR count). The van der Waals surface area contributed by atoms with Crippen LogP contribution in [0.5, 0.6) is 11.5 Å². The van der Waals surface area contributed by atoms with Crippen molar-refractivity contribution >= 4 is 17.7 Å². The van der Waals surface area contributed by atoms with Crippen LogP contribution in [0.15, 0.2) is 36.4 Å². The number of hydrogen-bond acceptors (Lipinski definition) is 7. The number of halogens is 2. The molecule has 33 heavy (non-hydrogen) atoms. The van der Waals surface area contributed by atoms with Crippen molar-refractivity contribution in [2.75, 3.05) is 40.0 Å². The summed E-state index contributed by atoms with van der Waals surface area (Å²) in [6.07, 6.45) is -1.24. The monoisotopic (exact) mass is 463 g/mol. The Kier molecular flexibility index (Phi) is 7.94. The Morgan fingerprint density at radius 2 is 1.70 bits per heavy atom. The molecule has 0 aromatic heterocycles. The summed E-state index contributed by atoms with van der Waals surface area (Å²) in [7, 11) is 1.37. The number of nitrogens with zero attached hydrogens (tertiary/aromatic N) is 1. The first-order chi connectivity index (χ1) is 15.8. The number of Topliss-reactive ketones (excluding diaryl/α,β-unsaturated/α-hetero) is 1. The summed E-state index contributed by atoms with van der Waals surface area (Å²) < 4.78 is 47.6. The van der Waals surface area contributed by atoms with Gasteiger partial charge in [0, 0.05) is 18.7 Å². The summed E-state index contributed by atoms with van der Waals surface area (Å²) in [4.78, 5) is 38.7. The van der Waals surface area contributed by atoms with Crippen LogP contribution in [-0.2, 0) is 14.3 Å². The van der Waals surface area contributed by atoms with E-state index < -0.39 is 29.5 Å². The number of hydrogen-bond donors (Lipinski definition) is 0. The molecule has 1 amide bonds. The Morgan fingerprint density at radius 1 is 1.00 bits per heavy atom. The van der Waals surface area contributed by atoms with Crippen molar-refractivity contribution in [1.82, 2.24) is 4.90 Å². The van der Waals surface area contributed by atoms with Gasteiger partial charge >= 0.3 is 5.97 Å². The largest absolute Gasteiger partial charge is 0.493 e. The lowest BCUT2D eigenvalue weighted by Crippen LogP contribution is -2.43. The van der Waals surface area contributed by atoms with Crippen LogP contribution in [0, 0.1) is 11.6 Å². The first kappa shape index (κ1) is 24.1. The summed E-state index contributed by atoms with van der Waals surface area (Å²) in [5, 5.41) is 0. The fourth-order valence-electron chi connectivity index (χ4n) is 3.12. The van der Waals surface area contributed by atoms with Crippen LogP contribution in [0.1, 0.15) is 27.6 Å². The third-order valence-electron chi connectivity index (χ3n) is 4.97. The number of carbonyl (C=O) groups is 3. The van der Waals surface area contributed by atoms with Crippen molar-refractivity contribution in [3.05, 3.63) is 59.2 Å². The second-order valence-corrected chi connectivity index (χ2v) is 7.19. The van der Waals surface area contributed by atoms with Crippen molar-refractivity contribution in [1.29, 1.82) is 0 Å². The molecule has 176 valence electrons. The van der Waals surface area contributed by atoms with E-state index in [4.69, 9.17) is 18.9 Å². The van der Waals surface area contributed by atoms with E-state index in [2.05, 4.69) is 0 Å². The molecule has 1 fully saturated rings. The molecule has 0 aliphatic carbocycles. The zero-order valence-corrected chi connectivity index (χ0v) is 18.1. The average molecular weight is 463 g/mol. The van der Waals surface area contributed by atoms with Gasteiger partial charge in [-0.2, -0.15) is 0 Å². The van der Waals surface area contributed by atoms with Crippen LogP contribution in [0.4, 0.5) is 8.78 Å². The lowest BCUT2D eigenvalue weighted by Gasteiger charge is -2.26. The van der Waals surface area contributed by atoms with Gasteiger partial charge in [-0.1, -0.05) is 0 Å². The maximum Gasteiger partial charge on any atom is 0.338 e. The minimum Gasteiger partial charge on any atom is -0.493 e. The first-order valence-electron chi connectivity index (χ1n) is 10.2. The standard InChI is InChI=1S/C23H23F2NO7/c1-14(22(28)15-3-5-17(24)18(25)11-15)33-23(29)16-4-6-19(20(12-16)30-2)32-13-21(27)26-7-9-31-10-8-26/h3-6,11-12,14H,7-10,13H2,1-2H3. The molecule has 0 spiro atoms. The van der Waals surface area contributed by atoms with Crippen LogP contribution in [-0.4, -0.2) is 68.7 Å². The molecule has 0 radical (unpaired) electrons. The highest BCUT2D eigenvalue weighted by atomic mass is 19.2. The quantitative estimate of drug-likeness (QED) is 0.439. The maximum absolute atomic E-state index is 13.4. The normalized spacial score (nSPS) is 14.4. The zero-order chi connectivity index (χ0) is 24.0. The van der Waals surface area contributed by atoms with Crippen molar-refractivity contribution < 1.29 is 42.1 Å². The lowest BCUT2D eigenvalue weighted by molar-refractivity contribution is -0.137. The van der Waals surface area contributed by atoms with Gasteiger partial charge in [-0.3, -0.25) is 9.59 Å². The summed E-state index contributed by atoms with van der Waals surface area (Å²) in [6, 6.07) is 6.88. The van der Waals surface area contributed by atoms with Crippen molar-refractivity contribution in [2.24, 2.45) is 0 Å². The number of amides is 1. The van der Waals surface area contributed by atoms with E-state index in [1.54, 1.807) is 4.90 Å². The molecule has 8 nitrogen and oxygen atoms in total. The highest BCUT2D eigenvalue weighted by Gasteiger charge is 2.23. The third kappa shape index (κ3) is 6.04. The van der Waals surface area contributed by atoms with Crippen LogP contribution in [0.25, 0.3) is 0 Å². The second kappa shape index (κ2) is 10.9. The fraction of sp³-hybridized carbons (Fsp3) is 0.348. The molecule has 0 bridgehead atoms. The molecular weight excluding hydrogens is 440 g/mol. The van der Waals surface area contributed by atoms with Gasteiger partial charge in [0.25, 0.3) is 5.91 Å². The van der Waals surface area contributed by atoms with Gasteiger partial charge in [0.15, 0.2) is 35.8 Å². The Morgan fingerprint density at radius 3 is 2.36 bits per heavy atom. The highest BCUT2D eigenvalue weighted by Crippen LogP contribution is 2.28. The smallest absolute Gasteiger partial charge is 0.338 e. The van der Waals surface area contributed by atoms with Crippen LogP contribution in [0.2, 0.25) is 0 Å². The number of methoxy groups -OCH3 is 1. The average Bonchev–Trinajstić information content (AvgIpc) is 2.84. The zero-order valence-electron chi connectivity index (χ0n) is 18.1. The predicted molar refractivity (Wildman–Crippen MR) is 111 cm³/mol. The maximum atomic E-state index is 13.4. The summed E-state index contributed by atoms with van der Waals surface area (Å²) >= 11 is 0. The van der Waals surface area contributed by atoms with E-state index in [0.29, 0.717) is 26.3 Å². The molecule has 0 saturated carbocycles. The van der Waals surface area contributed by atoms with Crippen LogP contribution < -0.4 is 9.47 Å². The Bertz CT molecular complexity index is 1040. The number of ketones is 1. The number of esters is 1. The molecule has 1 saturated heterocycles. The highest BCUT2D eigenvalue weighted by molar-refractivity contribution is 6.01. The predicted octanol–water partition coefficient (Wildman–Crippen LogP) is 2.64. The third-order valence-corrected chi connectivity index (χ3v) is 4.97. The number of carbonyl (C=O) groups excluding carboxylic acids is 3. The molecule has 1 heterocycles. The molecule has 1 aliphatic heterocycles. The van der Waals surface area contributed by atoms with Gasteiger partial charge in [-0.05, 0) is 43.3 Å². The molecule has 10 heteroatoms. The Labute approximate surface area is 189 Å². The van der Waals surface area contributed by atoms with Gasteiger partial charge in [0.05, 0.1) is 25.9 Å². The van der Waals surface area contributed by atoms with E-state index in [1.807, 2.05) is 0 Å². The Balaban J connectivity index is 1.62. The minimum absolute atomic E-state index is 0.0728. The molecule has 2 aromatic rings. The number of ether oxygens (including phenoxy) is 4. The summed E-state index contributed by atoms with van der Waals surface area (Å²) in [6.45, 7) is 3.05. The van der Waals surface area contributed by atoms with Crippen molar-refractivity contribution in [2.45, 2.75) is 13.0 Å². The number of rotatable bonds is 8. The summed E-state index contributed by atoms with van der Waals surface area (Å²) in [5.74, 6) is -3.53. The van der Waals surface area contributed by atoms with Crippen LogP contribution >= 0.6 is 0 Å².